The van der Waals surface area contributed by atoms with Crippen LogP contribution in [0.5, 0.6) is 0 Å². The standard InChI is InChI=1S/C8H8BrNO2S/c1-2-13(11,12)10-8-5-3-4-7(9)6-8/h2-6,10H,1H2. The first-order valence-corrected chi connectivity index (χ1v) is 5.78. The highest BCUT2D eigenvalue weighted by molar-refractivity contribution is 9.10. The molecule has 0 unspecified atom stereocenters. The normalized spacial score (nSPS) is 10.8. The third kappa shape index (κ3) is 3.20. The van der Waals surface area contributed by atoms with Gasteiger partial charge in [-0.2, -0.15) is 0 Å². The number of sulfonamides is 1. The summed E-state index contributed by atoms with van der Waals surface area (Å²) in [6.45, 7) is 3.19. The largest absolute Gasteiger partial charge is 0.280 e. The minimum atomic E-state index is -3.40. The lowest BCUT2D eigenvalue weighted by molar-refractivity contribution is 0.609. The van der Waals surface area contributed by atoms with Gasteiger partial charge in [0.25, 0.3) is 10.0 Å². The van der Waals surface area contributed by atoms with E-state index in [1.807, 2.05) is 6.07 Å². The number of rotatable bonds is 3. The average Bonchev–Trinajstić information content (AvgIpc) is 2.03. The molecule has 0 fully saturated rings. The minimum absolute atomic E-state index is 0.509. The van der Waals surface area contributed by atoms with Crippen molar-refractivity contribution in [2.75, 3.05) is 4.72 Å². The van der Waals surface area contributed by atoms with Gasteiger partial charge in [0.1, 0.15) is 0 Å². The second-order valence-electron chi connectivity index (χ2n) is 2.32. The molecule has 0 heterocycles. The summed E-state index contributed by atoms with van der Waals surface area (Å²) in [6, 6.07) is 6.88. The van der Waals surface area contributed by atoms with E-state index in [0.29, 0.717) is 5.69 Å². The van der Waals surface area contributed by atoms with Gasteiger partial charge in [-0.1, -0.05) is 28.6 Å². The highest BCUT2D eigenvalue weighted by Gasteiger charge is 2.03. The van der Waals surface area contributed by atoms with Gasteiger partial charge < -0.3 is 0 Å². The number of hydrogen-bond donors (Lipinski definition) is 1. The molecule has 0 bridgehead atoms. The van der Waals surface area contributed by atoms with Crippen molar-refractivity contribution in [3.05, 3.63) is 40.7 Å². The van der Waals surface area contributed by atoms with Crippen LogP contribution in [-0.2, 0) is 10.0 Å². The molecule has 0 amide bonds. The van der Waals surface area contributed by atoms with Gasteiger partial charge in [0.15, 0.2) is 0 Å². The van der Waals surface area contributed by atoms with E-state index in [0.717, 1.165) is 9.88 Å². The molecule has 0 atom stereocenters. The Morgan fingerprint density at radius 1 is 1.46 bits per heavy atom. The van der Waals surface area contributed by atoms with E-state index in [1.165, 1.54) is 0 Å². The van der Waals surface area contributed by atoms with Crippen molar-refractivity contribution >= 4 is 31.6 Å². The van der Waals surface area contributed by atoms with E-state index < -0.39 is 10.0 Å². The van der Waals surface area contributed by atoms with Gasteiger partial charge in [-0.15, -0.1) is 0 Å². The quantitative estimate of drug-likeness (QED) is 0.908. The van der Waals surface area contributed by atoms with Crippen LogP contribution in [0.2, 0.25) is 0 Å². The molecule has 5 heteroatoms. The maximum Gasteiger partial charge on any atom is 0.254 e. The molecule has 0 spiro atoms. The topological polar surface area (TPSA) is 46.2 Å². The maximum absolute atomic E-state index is 11.0. The summed E-state index contributed by atoms with van der Waals surface area (Å²) in [5, 5.41) is 0.869. The number of hydrogen-bond acceptors (Lipinski definition) is 2. The van der Waals surface area contributed by atoms with Crippen LogP contribution in [0.25, 0.3) is 0 Å². The molecule has 13 heavy (non-hydrogen) atoms. The zero-order valence-electron chi connectivity index (χ0n) is 6.70. The first-order valence-electron chi connectivity index (χ1n) is 3.44. The summed E-state index contributed by atoms with van der Waals surface area (Å²) < 4.78 is 25.2. The van der Waals surface area contributed by atoms with Gasteiger partial charge in [-0.3, -0.25) is 4.72 Å². The first-order chi connectivity index (χ1) is 6.03. The Morgan fingerprint density at radius 3 is 2.69 bits per heavy atom. The van der Waals surface area contributed by atoms with Crippen molar-refractivity contribution in [1.29, 1.82) is 0 Å². The molecule has 1 rings (SSSR count). The maximum atomic E-state index is 11.0. The molecule has 0 aliphatic carbocycles. The summed E-state index contributed by atoms with van der Waals surface area (Å²) in [4.78, 5) is 0. The van der Waals surface area contributed by atoms with Crippen LogP contribution >= 0.6 is 15.9 Å². The third-order valence-electron chi connectivity index (χ3n) is 1.30. The van der Waals surface area contributed by atoms with Gasteiger partial charge in [0.05, 0.1) is 0 Å². The summed E-state index contributed by atoms with van der Waals surface area (Å²) >= 11 is 3.23. The summed E-state index contributed by atoms with van der Waals surface area (Å²) in [6.07, 6.45) is 0. The fourth-order valence-corrected chi connectivity index (χ4v) is 1.70. The molecule has 0 aliphatic heterocycles. The average molecular weight is 262 g/mol. The first kappa shape index (κ1) is 10.3. The molecular weight excluding hydrogens is 254 g/mol. The van der Waals surface area contributed by atoms with Crippen LogP contribution in [0.15, 0.2) is 40.7 Å². The summed E-state index contributed by atoms with van der Waals surface area (Å²) in [5.41, 5.74) is 0.509. The lowest BCUT2D eigenvalue weighted by Crippen LogP contribution is -2.07. The van der Waals surface area contributed by atoms with Gasteiger partial charge in [-0.05, 0) is 18.2 Å². The molecule has 1 aromatic carbocycles. The van der Waals surface area contributed by atoms with E-state index in [1.54, 1.807) is 18.2 Å². The van der Waals surface area contributed by atoms with Gasteiger partial charge >= 0.3 is 0 Å². The highest BCUT2D eigenvalue weighted by Crippen LogP contribution is 2.16. The smallest absolute Gasteiger partial charge is 0.254 e. The SMILES string of the molecule is C=CS(=O)(=O)Nc1cccc(Br)c1. The van der Waals surface area contributed by atoms with Crippen LogP contribution in [0, 0.1) is 0 Å². The van der Waals surface area contributed by atoms with E-state index in [9.17, 15) is 8.42 Å². The molecule has 0 saturated heterocycles. The third-order valence-corrected chi connectivity index (χ3v) is 2.76. The number of nitrogens with one attached hydrogen (secondary N) is 1. The molecule has 70 valence electrons. The molecular formula is C8H8BrNO2S. The van der Waals surface area contributed by atoms with Crippen LogP contribution in [0.4, 0.5) is 5.69 Å². The molecule has 0 aromatic heterocycles. The van der Waals surface area contributed by atoms with Crippen molar-refractivity contribution in [1.82, 2.24) is 0 Å². The Balaban J connectivity index is 2.93. The van der Waals surface area contributed by atoms with E-state index >= 15 is 0 Å². The lowest BCUT2D eigenvalue weighted by Gasteiger charge is -2.03. The predicted octanol–water partition coefficient (Wildman–Crippen LogP) is 2.33. The molecule has 0 radical (unpaired) electrons. The fourth-order valence-electron chi connectivity index (χ4n) is 0.758. The van der Waals surface area contributed by atoms with Gasteiger partial charge in [-0.25, -0.2) is 8.42 Å². The summed E-state index contributed by atoms with van der Waals surface area (Å²) in [5.74, 6) is 0. The van der Waals surface area contributed by atoms with Crippen LogP contribution in [-0.4, -0.2) is 8.42 Å². The summed E-state index contributed by atoms with van der Waals surface area (Å²) in [7, 11) is -3.40. The van der Waals surface area contributed by atoms with Crippen molar-refractivity contribution in [2.45, 2.75) is 0 Å². The second-order valence-corrected chi connectivity index (χ2v) is 4.87. The Morgan fingerprint density at radius 2 is 2.15 bits per heavy atom. The van der Waals surface area contributed by atoms with E-state index in [4.69, 9.17) is 0 Å². The zero-order chi connectivity index (χ0) is 9.90. The van der Waals surface area contributed by atoms with Crippen LogP contribution in [0.1, 0.15) is 0 Å². The van der Waals surface area contributed by atoms with Crippen molar-refractivity contribution in [3.63, 3.8) is 0 Å². The minimum Gasteiger partial charge on any atom is -0.280 e. The lowest BCUT2D eigenvalue weighted by atomic mass is 10.3. The Kier molecular flexibility index (Phi) is 3.11. The highest BCUT2D eigenvalue weighted by atomic mass is 79.9. The van der Waals surface area contributed by atoms with E-state index in [2.05, 4.69) is 27.2 Å². The molecule has 0 saturated carbocycles. The van der Waals surface area contributed by atoms with Crippen molar-refractivity contribution in [2.24, 2.45) is 0 Å². The Labute approximate surface area is 85.6 Å². The van der Waals surface area contributed by atoms with E-state index in [-0.39, 0.29) is 0 Å². The molecule has 1 N–H and O–H groups in total. The van der Waals surface area contributed by atoms with Crippen LogP contribution in [0.3, 0.4) is 0 Å². The van der Waals surface area contributed by atoms with Crippen molar-refractivity contribution in [3.8, 4) is 0 Å². The van der Waals surface area contributed by atoms with Gasteiger partial charge in [0.2, 0.25) is 0 Å². The predicted molar refractivity (Wildman–Crippen MR) is 56.9 cm³/mol. The fraction of sp³-hybridized carbons (Fsp3) is 0. The molecule has 1 aromatic rings. The van der Waals surface area contributed by atoms with Gasteiger partial charge in [0, 0.05) is 15.6 Å². The van der Waals surface area contributed by atoms with Crippen LogP contribution < -0.4 is 4.72 Å². The Hall–Kier alpha value is -0.810. The van der Waals surface area contributed by atoms with Crippen molar-refractivity contribution < 1.29 is 8.42 Å². The molecule has 0 aliphatic rings. The second kappa shape index (κ2) is 3.93. The molecule has 3 nitrogen and oxygen atoms in total. The Bertz CT molecular complexity index is 414. The zero-order valence-corrected chi connectivity index (χ0v) is 9.10. The number of halogens is 1. The monoisotopic (exact) mass is 261 g/mol. The number of benzene rings is 1. The number of anilines is 1.